The molecule has 6 heteroatoms. The van der Waals surface area contributed by atoms with E-state index < -0.39 is 11.3 Å². The van der Waals surface area contributed by atoms with E-state index in [1.54, 1.807) is 13.8 Å². The Kier molecular flexibility index (Phi) is 5.83. The molecule has 0 bridgehead atoms. The number of benzene rings is 1. The Morgan fingerprint density at radius 2 is 1.88 bits per heavy atom. The van der Waals surface area contributed by atoms with Crippen molar-refractivity contribution in [3.8, 4) is 0 Å². The van der Waals surface area contributed by atoms with Crippen molar-refractivity contribution >= 4 is 34.6 Å². The number of imide groups is 1. The summed E-state index contributed by atoms with van der Waals surface area (Å²) in [6, 6.07) is 5.75. The summed E-state index contributed by atoms with van der Waals surface area (Å²) in [6.45, 7) is 10.2. The molecule has 2 aromatic rings. The van der Waals surface area contributed by atoms with Crippen molar-refractivity contribution in [3.05, 3.63) is 34.9 Å². The van der Waals surface area contributed by atoms with Gasteiger partial charge in [0.1, 0.15) is 0 Å². The van der Waals surface area contributed by atoms with Gasteiger partial charge in [-0.05, 0) is 57.9 Å². The van der Waals surface area contributed by atoms with E-state index >= 15 is 0 Å². The average Bonchev–Trinajstić information content (AvgIpc) is 2.48. The number of thioether (sulfide) groups is 1. The Morgan fingerprint density at radius 3 is 2.54 bits per heavy atom. The highest BCUT2D eigenvalue weighted by Gasteiger charge is 2.18. The summed E-state index contributed by atoms with van der Waals surface area (Å²) in [5, 5.41) is 6.38. The molecule has 0 unspecified atom stereocenters. The number of hydrogen-bond acceptors (Lipinski definition) is 4. The van der Waals surface area contributed by atoms with Gasteiger partial charge in [-0.2, -0.15) is 0 Å². The van der Waals surface area contributed by atoms with Gasteiger partial charge in [-0.15, -0.1) is 0 Å². The minimum absolute atomic E-state index is 0.328. The number of carbonyl (C=O) groups excluding carboxylic acids is 2. The molecule has 1 aromatic carbocycles. The van der Waals surface area contributed by atoms with E-state index in [0.29, 0.717) is 6.54 Å². The maximum atomic E-state index is 12.1. The standard InChI is InChI=1S/C18H23N3O2S/c1-6-19-18(23)21-17(22)13(5)24-15-9-11(3)14-8-10(2)7-12(4)16(14)20-15/h7-9,13H,6H2,1-5H3,(H2,19,21,22,23)/t13-/m1/s1. The topological polar surface area (TPSA) is 71.1 Å². The van der Waals surface area contributed by atoms with Crippen molar-refractivity contribution in [3.63, 3.8) is 0 Å². The quantitative estimate of drug-likeness (QED) is 0.832. The molecular weight excluding hydrogens is 322 g/mol. The van der Waals surface area contributed by atoms with Gasteiger partial charge in [-0.1, -0.05) is 23.4 Å². The van der Waals surface area contributed by atoms with Crippen LogP contribution in [-0.4, -0.2) is 28.7 Å². The minimum Gasteiger partial charge on any atom is -0.338 e. The predicted molar refractivity (Wildman–Crippen MR) is 98.5 cm³/mol. The first-order chi connectivity index (χ1) is 11.3. The van der Waals surface area contributed by atoms with E-state index in [9.17, 15) is 9.59 Å². The maximum absolute atomic E-state index is 12.1. The summed E-state index contributed by atoms with van der Waals surface area (Å²) in [6.07, 6.45) is 0. The first kappa shape index (κ1) is 18.3. The normalized spacial score (nSPS) is 12.0. The van der Waals surface area contributed by atoms with Crippen molar-refractivity contribution in [1.82, 2.24) is 15.6 Å². The van der Waals surface area contributed by atoms with Gasteiger partial charge in [0.25, 0.3) is 0 Å². The molecule has 24 heavy (non-hydrogen) atoms. The number of carbonyl (C=O) groups is 2. The van der Waals surface area contributed by atoms with Gasteiger partial charge in [0.05, 0.1) is 15.8 Å². The molecule has 3 amide bonds. The number of pyridine rings is 1. The Bertz CT molecular complexity index is 789. The van der Waals surface area contributed by atoms with E-state index in [1.807, 2.05) is 19.9 Å². The summed E-state index contributed by atoms with van der Waals surface area (Å²) >= 11 is 1.35. The summed E-state index contributed by atoms with van der Waals surface area (Å²) in [5.41, 5.74) is 4.42. The van der Waals surface area contributed by atoms with Crippen molar-refractivity contribution in [2.45, 2.75) is 44.9 Å². The summed E-state index contributed by atoms with van der Waals surface area (Å²) < 4.78 is 0. The van der Waals surface area contributed by atoms with Gasteiger partial charge in [0.2, 0.25) is 5.91 Å². The second kappa shape index (κ2) is 7.66. The molecule has 5 nitrogen and oxygen atoms in total. The molecule has 0 saturated carbocycles. The Morgan fingerprint density at radius 1 is 1.17 bits per heavy atom. The highest BCUT2D eigenvalue weighted by Crippen LogP contribution is 2.28. The van der Waals surface area contributed by atoms with Crippen LogP contribution in [0.4, 0.5) is 4.79 Å². The zero-order chi connectivity index (χ0) is 17.9. The lowest BCUT2D eigenvalue weighted by atomic mass is 10.0. The Labute approximate surface area is 146 Å². The minimum atomic E-state index is -0.469. The highest BCUT2D eigenvalue weighted by molar-refractivity contribution is 8.00. The first-order valence-corrected chi connectivity index (χ1v) is 8.83. The SMILES string of the molecule is CCNC(=O)NC(=O)[C@@H](C)Sc1cc(C)c2cc(C)cc(C)c2n1. The van der Waals surface area contributed by atoms with E-state index in [-0.39, 0.29) is 5.91 Å². The molecule has 1 heterocycles. The molecule has 0 radical (unpaired) electrons. The molecule has 2 rings (SSSR count). The fourth-order valence-electron chi connectivity index (χ4n) is 2.53. The van der Waals surface area contributed by atoms with Crippen LogP contribution in [0.3, 0.4) is 0 Å². The molecule has 0 spiro atoms. The van der Waals surface area contributed by atoms with Crippen LogP contribution in [0.25, 0.3) is 10.9 Å². The molecular formula is C18H23N3O2S. The Balaban J connectivity index is 2.21. The predicted octanol–water partition coefficient (Wildman–Crippen LogP) is 3.49. The van der Waals surface area contributed by atoms with Gasteiger partial charge in [-0.25, -0.2) is 9.78 Å². The third-order valence-electron chi connectivity index (χ3n) is 3.67. The summed E-state index contributed by atoms with van der Waals surface area (Å²) in [4.78, 5) is 28.2. The fourth-order valence-corrected chi connectivity index (χ4v) is 3.44. The van der Waals surface area contributed by atoms with Crippen LogP contribution in [0.15, 0.2) is 23.2 Å². The monoisotopic (exact) mass is 345 g/mol. The Hall–Kier alpha value is -2.08. The van der Waals surface area contributed by atoms with E-state index in [4.69, 9.17) is 4.98 Å². The van der Waals surface area contributed by atoms with Gasteiger partial charge in [0.15, 0.2) is 0 Å². The summed E-state index contributed by atoms with van der Waals surface area (Å²) in [7, 11) is 0. The lowest BCUT2D eigenvalue weighted by molar-refractivity contribution is -0.119. The molecule has 0 aliphatic heterocycles. The van der Waals surface area contributed by atoms with Crippen LogP contribution >= 0.6 is 11.8 Å². The number of hydrogen-bond donors (Lipinski definition) is 2. The number of rotatable bonds is 4. The zero-order valence-electron chi connectivity index (χ0n) is 14.7. The molecule has 0 saturated heterocycles. The van der Waals surface area contributed by atoms with E-state index in [2.05, 4.69) is 29.7 Å². The summed E-state index contributed by atoms with van der Waals surface area (Å²) in [5.74, 6) is -0.328. The van der Waals surface area contributed by atoms with Gasteiger partial charge in [-0.3, -0.25) is 10.1 Å². The lowest BCUT2D eigenvalue weighted by Crippen LogP contribution is -2.42. The van der Waals surface area contributed by atoms with Gasteiger partial charge < -0.3 is 5.32 Å². The third kappa shape index (κ3) is 4.26. The number of amides is 3. The van der Waals surface area contributed by atoms with Crippen molar-refractivity contribution in [2.24, 2.45) is 0 Å². The van der Waals surface area contributed by atoms with Crippen LogP contribution in [0, 0.1) is 20.8 Å². The van der Waals surface area contributed by atoms with Gasteiger partial charge >= 0.3 is 6.03 Å². The van der Waals surface area contributed by atoms with E-state index in [0.717, 1.165) is 27.1 Å². The molecule has 128 valence electrons. The number of fused-ring (bicyclic) bond motifs is 1. The smallest absolute Gasteiger partial charge is 0.321 e. The highest BCUT2D eigenvalue weighted by atomic mass is 32.2. The third-order valence-corrected chi connectivity index (χ3v) is 4.69. The second-order valence-corrected chi connectivity index (χ2v) is 7.23. The second-order valence-electron chi connectivity index (χ2n) is 5.86. The number of aromatic nitrogens is 1. The van der Waals surface area contributed by atoms with Crippen LogP contribution in [0.5, 0.6) is 0 Å². The fraction of sp³-hybridized carbons (Fsp3) is 0.389. The number of aryl methyl sites for hydroxylation is 3. The molecule has 0 fully saturated rings. The van der Waals surface area contributed by atoms with Gasteiger partial charge in [0, 0.05) is 11.9 Å². The zero-order valence-corrected chi connectivity index (χ0v) is 15.5. The first-order valence-electron chi connectivity index (χ1n) is 7.95. The molecule has 0 aliphatic carbocycles. The molecule has 0 aliphatic rings. The van der Waals surface area contributed by atoms with E-state index in [1.165, 1.54) is 17.3 Å². The average molecular weight is 345 g/mol. The maximum Gasteiger partial charge on any atom is 0.321 e. The molecule has 2 N–H and O–H groups in total. The van der Waals surface area contributed by atoms with Crippen LogP contribution in [0.1, 0.15) is 30.5 Å². The molecule has 1 atom stereocenters. The van der Waals surface area contributed by atoms with Crippen LogP contribution in [-0.2, 0) is 4.79 Å². The van der Waals surface area contributed by atoms with Crippen molar-refractivity contribution in [2.75, 3.05) is 6.54 Å². The van der Waals surface area contributed by atoms with Crippen LogP contribution in [0.2, 0.25) is 0 Å². The van der Waals surface area contributed by atoms with Crippen LogP contribution < -0.4 is 10.6 Å². The number of nitrogens with zero attached hydrogens (tertiary/aromatic N) is 1. The largest absolute Gasteiger partial charge is 0.338 e. The van der Waals surface area contributed by atoms with Crippen molar-refractivity contribution < 1.29 is 9.59 Å². The number of nitrogens with one attached hydrogen (secondary N) is 2. The van der Waals surface area contributed by atoms with Crippen molar-refractivity contribution in [1.29, 1.82) is 0 Å². The number of urea groups is 1. The lowest BCUT2D eigenvalue weighted by Gasteiger charge is -2.13. The molecule has 1 aromatic heterocycles.